The highest BCUT2D eigenvalue weighted by Gasteiger charge is 2.23. The minimum absolute atomic E-state index is 0.161. The monoisotopic (exact) mass is 225 g/mol. The first-order valence-electron chi connectivity index (χ1n) is 5.00. The summed E-state index contributed by atoms with van der Waals surface area (Å²) in [7, 11) is 0. The van der Waals surface area contributed by atoms with Gasteiger partial charge in [-0.3, -0.25) is 4.99 Å². The van der Waals surface area contributed by atoms with Crippen molar-refractivity contribution in [2.24, 2.45) is 4.99 Å². The quantitative estimate of drug-likeness (QED) is 0.836. The molecule has 2 heterocycles. The van der Waals surface area contributed by atoms with Crippen molar-refractivity contribution in [1.82, 2.24) is 10.5 Å². The van der Waals surface area contributed by atoms with Crippen LogP contribution in [0.3, 0.4) is 0 Å². The largest absolute Gasteiger partial charge is 0.364 e. The summed E-state index contributed by atoms with van der Waals surface area (Å²) in [5, 5.41) is 8.24. The second-order valence-electron chi connectivity index (χ2n) is 4.22. The minimum Gasteiger partial charge on any atom is -0.364 e. The van der Waals surface area contributed by atoms with Gasteiger partial charge in [-0.1, -0.05) is 16.9 Å². The van der Waals surface area contributed by atoms with Gasteiger partial charge in [0.15, 0.2) is 5.17 Å². The van der Waals surface area contributed by atoms with Crippen molar-refractivity contribution in [2.45, 2.75) is 32.4 Å². The van der Waals surface area contributed by atoms with Gasteiger partial charge in [0.1, 0.15) is 12.0 Å². The molecule has 0 saturated carbocycles. The Balaban J connectivity index is 1.95. The van der Waals surface area contributed by atoms with Gasteiger partial charge < -0.3 is 9.84 Å². The van der Waals surface area contributed by atoms with Gasteiger partial charge in [-0.05, 0) is 20.3 Å². The highest BCUT2D eigenvalue weighted by molar-refractivity contribution is 8.13. The Morgan fingerprint density at radius 1 is 1.67 bits per heavy atom. The number of aromatic nitrogens is 1. The van der Waals surface area contributed by atoms with E-state index in [2.05, 4.69) is 29.3 Å². The summed E-state index contributed by atoms with van der Waals surface area (Å²) >= 11 is 1.77. The zero-order valence-corrected chi connectivity index (χ0v) is 9.80. The van der Waals surface area contributed by atoms with Crippen LogP contribution >= 0.6 is 11.8 Å². The highest BCUT2D eigenvalue weighted by Crippen LogP contribution is 2.21. The van der Waals surface area contributed by atoms with Gasteiger partial charge >= 0.3 is 0 Å². The third-order valence-corrected chi connectivity index (χ3v) is 3.20. The molecule has 5 heteroatoms. The van der Waals surface area contributed by atoms with E-state index in [0.29, 0.717) is 6.54 Å². The molecule has 1 aromatic heterocycles. The van der Waals surface area contributed by atoms with Crippen LogP contribution in [0.15, 0.2) is 21.8 Å². The number of hydrogen-bond donors (Lipinski definition) is 1. The van der Waals surface area contributed by atoms with E-state index >= 15 is 0 Å². The van der Waals surface area contributed by atoms with Crippen molar-refractivity contribution in [3.05, 3.63) is 18.0 Å². The summed E-state index contributed by atoms with van der Waals surface area (Å²) < 4.78 is 4.75. The van der Waals surface area contributed by atoms with Crippen LogP contribution in [-0.4, -0.2) is 21.6 Å². The fourth-order valence-corrected chi connectivity index (χ4v) is 2.66. The Labute approximate surface area is 93.5 Å². The van der Waals surface area contributed by atoms with Crippen molar-refractivity contribution in [2.75, 3.05) is 5.75 Å². The second-order valence-corrected chi connectivity index (χ2v) is 5.30. The van der Waals surface area contributed by atoms with Crippen LogP contribution in [0.2, 0.25) is 0 Å². The molecule has 1 aliphatic heterocycles. The maximum Gasteiger partial charge on any atom is 0.157 e. The Morgan fingerprint density at radius 2 is 2.53 bits per heavy atom. The molecular formula is C10H15N3OS. The summed E-state index contributed by atoms with van der Waals surface area (Å²) in [5.74, 6) is 1.12. The number of amidine groups is 1. The van der Waals surface area contributed by atoms with E-state index in [9.17, 15) is 0 Å². The van der Waals surface area contributed by atoms with Crippen LogP contribution in [0, 0.1) is 0 Å². The minimum atomic E-state index is 0.161. The number of aliphatic imine (C=N–C) groups is 1. The van der Waals surface area contributed by atoms with E-state index in [1.165, 1.54) is 6.42 Å². The van der Waals surface area contributed by atoms with Gasteiger partial charge in [0.25, 0.3) is 0 Å². The number of hydrogen-bond acceptors (Lipinski definition) is 4. The van der Waals surface area contributed by atoms with Gasteiger partial charge in [0.2, 0.25) is 0 Å². The molecule has 1 saturated heterocycles. The van der Waals surface area contributed by atoms with Crippen molar-refractivity contribution < 1.29 is 4.52 Å². The predicted molar refractivity (Wildman–Crippen MR) is 61.9 cm³/mol. The normalized spacial score (nSPS) is 22.7. The van der Waals surface area contributed by atoms with Crippen molar-refractivity contribution in [3.8, 4) is 0 Å². The van der Waals surface area contributed by atoms with Crippen molar-refractivity contribution in [1.29, 1.82) is 0 Å². The van der Waals surface area contributed by atoms with Crippen LogP contribution in [0.25, 0.3) is 0 Å². The van der Waals surface area contributed by atoms with E-state index in [4.69, 9.17) is 4.52 Å². The molecule has 0 spiro atoms. The molecule has 0 radical (unpaired) electrons. The van der Waals surface area contributed by atoms with E-state index in [0.717, 1.165) is 16.6 Å². The lowest BCUT2D eigenvalue weighted by molar-refractivity contribution is 0.412. The summed E-state index contributed by atoms with van der Waals surface area (Å²) in [4.78, 5) is 4.47. The molecule has 1 N–H and O–H groups in total. The zero-order chi connectivity index (χ0) is 10.7. The smallest absolute Gasteiger partial charge is 0.157 e. The highest BCUT2D eigenvalue weighted by atomic mass is 32.2. The standard InChI is InChI=1S/C10H15N3OS/c1-10(2)4-6-15-9(12-10)11-7-8-3-5-14-13-8/h3,5H,4,6-7H2,1-2H3,(H,11,12). The molecule has 1 aliphatic rings. The SMILES string of the molecule is CC1(C)CCSC(=NCc2ccon2)N1. The van der Waals surface area contributed by atoms with Gasteiger partial charge in [-0.25, -0.2) is 0 Å². The molecule has 1 fully saturated rings. The summed E-state index contributed by atoms with van der Waals surface area (Å²) in [6.07, 6.45) is 2.74. The van der Waals surface area contributed by atoms with Crippen molar-refractivity contribution >= 4 is 16.9 Å². The molecule has 2 rings (SSSR count). The van der Waals surface area contributed by atoms with E-state index in [-0.39, 0.29) is 5.54 Å². The Kier molecular flexibility index (Phi) is 3.00. The summed E-state index contributed by atoms with van der Waals surface area (Å²) in [6, 6.07) is 1.84. The van der Waals surface area contributed by atoms with E-state index in [1.54, 1.807) is 18.0 Å². The predicted octanol–water partition coefficient (Wildman–Crippen LogP) is 2.04. The van der Waals surface area contributed by atoms with Gasteiger partial charge in [0, 0.05) is 17.4 Å². The van der Waals surface area contributed by atoms with E-state index in [1.807, 2.05) is 6.07 Å². The molecular weight excluding hydrogens is 210 g/mol. The first-order valence-corrected chi connectivity index (χ1v) is 5.99. The van der Waals surface area contributed by atoms with Crippen LogP contribution in [0.4, 0.5) is 0 Å². The fourth-order valence-electron chi connectivity index (χ4n) is 1.35. The number of nitrogens with zero attached hydrogens (tertiary/aromatic N) is 2. The molecule has 0 bridgehead atoms. The third kappa shape index (κ3) is 2.99. The fraction of sp³-hybridized carbons (Fsp3) is 0.600. The van der Waals surface area contributed by atoms with Crippen LogP contribution < -0.4 is 5.32 Å². The zero-order valence-electron chi connectivity index (χ0n) is 8.99. The molecule has 0 atom stereocenters. The molecule has 82 valence electrons. The number of nitrogens with one attached hydrogen (secondary N) is 1. The maximum absolute atomic E-state index is 4.75. The maximum atomic E-state index is 4.75. The Morgan fingerprint density at radius 3 is 3.20 bits per heavy atom. The Bertz CT molecular complexity index is 346. The summed E-state index contributed by atoms with van der Waals surface area (Å²) in [6.45, 7) is 4.97. The molecule has 1 aromatic rings. The second kappa shape index (κ2) is 4.26. The van der Waals surface area contributed by atoms with Crippen LogP contribution in [-0.2, 0) is 6.54 Å². The number of rotatable bonds is 2. The first-order chi connectivity index (χ1) is 7.16. The molecule has 15 heavy (non-hydrogen) atoms. The molecule has 0 aromatic carbocycles. The van der Waals surface area contributed by atoms with Gasteiger partial charge in [-0.15, -0.1) is 0 Å². The molecule has 0 amide bonds. The van der Waals surface area contributed by atoms with E-state index < -0.39 is 0 Å². The Hall–Kier alpha value is -0.970. The molecule has 0 aliphatic carbocycles. The van der Waals surface area contributed by atoms with Gasteiger partial charge in [-0.2, -0.15) is 0 Å². The van der Waals surface area contributed by atoms with Crippen LogP contribution in [0.5, 0.6) is 0 Å². The lowest BCUT2D eigenvalue weighted by Crippen LogP contribution is -2.46. The van der Waals surface area contributed by atoms with Gasteiger partial charge in [0.05, 0.1) is 6.54 Å². The lowest BCUT2D eigenvalue weighted by Gasteiger charge is -2.32. The first kappa shape index (κ1) is 10.5. The van der Waals surface area contributed by atoms with Crippen LogP contribution in [0.1, 0.15) is 26.0 Å². The average Bonchev–Trinajstić information content (AvgIpc) is 2.65. The molecule has 4 nitrogen and oxygen atoms in total. The topological polar surface area (TPSA) is 50.4 Å². The lowest BCUT2D eigenvalue weighted by atomic mass is 10.0. The number of thioether (sulfide) groups is 1. The average molecular weight is 225 g/mol. The third-order valence-electron chi connectivity index (χ3n) is 2.29. The van der Waals surface area contributed by atoms with Crippen molar-refractivity contribution in [3.63, 3.8) is 0 Å². The summed E-state index contributed by atoms with van der Waals surface area (Å²) in [5.41, 5.74) is 1.03. The molecule has 0 unspecified atom stereocenters.